The number of esters is 1. The zero-order valence-corrected chi connectivity index (χ0v) is 11.2. The molecule has 0 aromatic carbocycles. The molecule has 1 unspecified atom stereocenters. The Labute approximate surface area is 105 Å². The van der Waals surface area contributed by atoms with Crippen LogP contribution in [-0.2, 0) is 9.53 Å². The van der Waals surface area contributed by atoms with Crippen molar-refractivity contribution in [3.63, 3.8) is 0 Å². The van der Waals surface area contributed by atoms with Crippen LogP contribution < -0.4 is 5.32 Å². The third-order valence-corrected chi connectivity index (χ3v) is 3.34. The maximum absolute atomic E-state index is 11.8. The van der Waals surface area contributed by atoms with Crippen molar-refractivity contribution < 1.29 is 9.53 Å². The Morgan fingerprint density at radius 2 is 2.00 bits per heavy atom. The molecule has 1 atom stereocenters. The molecule has 1 N–H and O–H groups in total. The van der Waals surface area contributed by atoms with Gasteiger partial charge < -0.3 is 10.1 Å². The maximum Gasteiger partial charge on any atom is 0.323 e. The summed E-state index contributed by atoms with van der Waals surface area (Å²) in [5, 5.41) is 3.30. The van der Waals surface area contributed by atoms with E-state index in [1.165, 1.54) is 38.5 Å². The number of unbranched alkanes of at least 4 members (excludes halogenated alkanes) is 3. The Morgan fingerprint density at radius 3 is 2.82 bits per heavy atom. The highest BCUT2D eigenvalue weighted by Crippen LogP contribution is 2.10. The van der Waals surface area contributed by atoms with Gasteiger partial charge in [-0.25, -0.2) is 0 Å². The summed E-state index contributed by atoms with van der Waals surface area (Å²) in [6, 6.07) is -0.0542. The molecule has 0 amide bonds. The molecular weight excluding hydrogens is 214 g/mol. The summed E-state index contributed by atoms with van der Waals surface area (Å²) in [4.78, 5) is 11.8. The molecule has 1 heterocycles. The van der Waals surface area contributed by atoms with E-state index >= 15 is 0 Å². The number of ether oxygens (including phenoxy) is 1. The fraction of sp³-hybridized carbons (Fsp3) is 0.929. The molecule has 0 bridgehead atoms. The summed E-state index contributed by atoms with van der Waals surface area (Å²) < 4.78 is 5.32. The van der Waals surface area contributed by atoms with Gasteiger partial charge in [0.15, 0.2) is 0 Å². The van der Waals surface area contributed by atoms with Gasteiger partial charge >= 0.3 is 5.97 Å². The fourth-order valence-electron chi connectivity index (χ4n) is 2.21. The summed E-state index contributed by atoms with van der Waals surface area (Å²) >= 11 is 0. The average molecular weight is 241 g/mol. The predicted molar refractivity (Wildman–Crippen MR) is 70.0 cm³/mol. The molecule has 1 fully saturated rings. The highest BCUT2D eigenvalue weighted by atomic mass is 16.5. The second-order valence-corrected chi connectivity index (χ2v) is 4.94. The average Bonchev–Trinajstić information content (AvgIpc) is 2.28. The van der Waals surface area contributed by atoms with Crippen molar-refractivity contribution in [1.82, 2.24) is 5.32 Å². The zero-order valence-electron chi connectivity index (χ0n) is 11.2. The van der Waals surface area contributed by atoms with E-state index in [1.54, 1.807) is 0 Å². The Bertz CT molecular complexity index is 198. The van der Waals surface area contributed by atoms with Gasteiger partial charge in [-0.2, -0.15) is 0 Å². The number of hydrogen-bond donors (Lipinski definition) is 1. The van der Waals surface area contributed by atoms with Gasteiger partial charge in [0.05, 0.1) is 6.61 Å². The maximum atomic E-state index is 11.8. The number of nitrogens with one attached hydrogen (secondary N) is 1. The van der Waals surface area contributed by atoms with E-state index in [4.69, 9.17) is 4.74 Å². The van der Waals surface area contributed by atoms with Gasteiger partial charge in [-0.1, -0.05) is 45.4 Å². The van der Waals surface area contributed by atoms with Gasteiger partial charge in [-0.15, -0.1) is 0 Å². The van der Waals surface area contributed by atoms with Crippen molar-refractivity contribution in [2.45, 2.75) is 70.8 Å². The second kappa shape index (κ2) is 9.46. The molecule has 3 nitrogen and oxygen atoms in total. The van der Waals surface area contributed by atoms with Gasteiger partial charge in [-0.3, -0.25) is 4.79 Å². The summed E-state index contributed by atoms with van der Waals surface area (Å²) in [5.74, 6) is -0.0385. The molecule has 1 rings (SSSR count). The lowest BCUT2D eigenvalue weighted by molar-refractivity contribution is -0.146. The van der Waals surface area contributed by atoms with Crippen LogP contribution in [0.3, 0.4) is 0 Å². The first kappa shape index (κ1) is 14.5. The Hall–Kier alpha value is -0.570. The van der Waals surface area contributed by atoms with Crippen molar-refractivity contribution in [2.75, 3.05) is 13.2 Å². The van der Waals surface area contributed by atoms with Gasteiger partial charge in [0, 0.05) is 0 Å². The van der Waals surface area contributed by atoms with Crippen LogP contribution in [0.5, 0.6) is 0 Å². The van der Waals surface area contributed by atoms with E-state index in [2.05, 4.69) is 12.2 Å². The van der Waals surface area contributed by atoms with Crippen LogP contribution in [-0.4, -0.2) is 25.2 Å². The highest BCUT2D eigenvalue weighted by molar-refractivity contribution is 5.75. The molecular formula is C14H27NO2. The molecule has 1 aliphatic rings. The van der Waals surface area contributed by atoms with E-state index in [-0.39, 0.29) is 12.0 Å². The summed E-state index contributed by atoms with van der Waals surface area (Å²) in [7, 11) is 0. The minimum absolute atomic E-state index is 0.0385. The van der Waals surface area contributed by atoms with Gasteiger partial charge in [0.1, 0.15) is 6.04 Å². The van der Waals surface area contributed by atoms with Crippen molar-refractivity contribution in [3.05, 3.63) is 0 Å². The Morgan fingerprint density at radius 1 is 1.18 bits per heavy atom. The van der Waals surface area contributed by atoms with Crippen LogP contribution in [0.25, 0.3) is 0 Å². The Balaban J connectivity index is 2.11. The lowest BCUT2D eigenvalue weighted by Crippen LogP contribution is -2.39. The van der Waals surface area contributed by atoms with Crippen LogP contribution >= 0.6 is 0 Å². The van der Waals surface area contributed by atoms with Crippen LogP contribution in [0.4, 0.5) is 0 Å². The molecule has 0 aromatic heterocycles. The molecule has 0 aliphatic carbocycles. The fourth-order valence-corrected chi connectivity index (χ4v) is 2.21. The van der Waals surface area contributed by atoms with E-state index in [1.807, 2.05) is 0 Å². The van der Waals surface area contributed by atoms with Crippen LogP contribution in [0.2, 0.25) is 0 Å². The van der Waals surface area contributed by atoms with Crippen molar-refractivity contribution in [2.24, 2.45) is 0 Å². The van der Waals surface area contributed by atoms with Gasteiger partial charge in [0.25, 0.3) is 0 Å². The van der Waals surface area contributed by atoms with Crippen LogP contribution in [0.1, 0.15) is 64.7 Å². The molecule has 0 saturated carbocycles. The van der Waals surface area contributed by atoms with E-state index < -0.39 is 0 Å². The third-order valence-electron chi connectivity index (χ3n) is 3.34. The SMILES string of the molecule is CCCCCCOC(=O)C1CCCCCCN1. The van der Waals surface area contributed by atoms with Gasteiger partial charge in [0.2, 0.25) is 0 Å². The quantitative estimate of drug-likeness (QED) is 0.574. The normalized spacial score (nSPS) is 21.6. The molecule has 0 spiro atoms. The summed E-state index contributed by atoms with van der Waals surface area (Å²) in [6.45, 7) is 3.73. The standard InChI is InChI=1S/C14H27NO2/c1-2-3-4-9-12-17-14(16)13-10-7-5-6-8-11-15-13/h13,15H,2-12H2,1H3. The molecule has 1 aliphatic heterocycles. The largest absolute Gasteiger partial charge is 0.465 e. The lowest BCUT2D eigenvalue weighted by Gasteiger charge is -2.19. The molecule has 17 heavy (non-hydrogen) atoms. The smallest absolute Gasteiger partial charge is 0.323 e. The molecule has 1 saturated heterocycles. The number of carbonyl (C=O) groups excluding carboxylic acids is 1. The van der Waals surface area contributed by atoms with Crippen molar-refractivity contribution >= 4 is 5.97 Å². The molecule has 0 radical (unpaired) electrons. The number of hydrogen-bond acceptors (Lipinski definition) is 3. The highest BCUT2D eigenvalue weighted by Gasteiger charge is 2.19. The first-order chi connectivity index (χ1) is 8.34. The number of rotatable bonds is 6. The monoisotopic (exact) mass is 241 g/mol. The minimum Gasteiger partial charge on any atom is -0.465 e. The molecule has 100 valence electrons. The number of carbonyl (C=O) groups is 1. The van der Waals surface area contributed by atoms with Crippen LogP contribution in [0.15, 0.2) is 0 Å². The van der Waals surface area contributed by atoms with E-state index in [0.717, 1.165) is 25.8 Å². The molecule has 3 heteroatoms. The molecule has 0 aromatic rings. The zero-order chi connectivity index (χ0) is 12.3. The summed E-state index contributed by atoms with van der Waals surface area (Å²) in [6.07, 6.45) is 10.4. The first-order valence-electron chi connectivity index (χ1n) is 7.24. The first-order valence-corrected chi connectivity index (χ1v) is 7.24. The second-order valence-electron chi connectivity index (χ2n) is 4.94. The Kier molecular flexibility index (Phi) is 8.06. The summed E-state index contributed by atoms with van der Waals surface area (Å²) in [5.41, 5.74) is 0. The van der Waals surface area contributed by atoms with E-state index in [9.17, 15) is 4.79 Å². The van der Waals surface area contributed by atoms with E-state index in [0.29, 0.717) is 6.61 Å². The van der Waals surface area contributed by atoms with Gasteiger partial charge in [-0.05, 0) is 25.8 Å². The third kappa shape index (κ3) is 6.67. The lowest BCUT2D eigenvalue weighted by atomic mass is 10.0. The van der Waals surface area contributed by atoms with Crippen LogP contribution in [0, 0.1) is 0 Å². The van der Waals surface area contributed by atoms with Crippen molar-refractivity contribution in [3.8, 4) is 0 Å². The topological polar surface area (TPSA) is 38.3 Å². The van der Waals surface area contributed by atoms with Crippen molar-refractivity contribution in [1.29, 1.82) is 0 Å². The minimum atomic E-state index is -0.0542. The predicted octanol–water partition coefficient (Wildman–Crippen LogP) is 3.03.